The molecule has 7 nitrogen and oxygen atoms in total. The Morgan fingerprint density at radius 3 is 2.60 bits per heavy atom. The Morgan fingerprint density at radius 2 is 2.00 bits per heavy atom. The normalized spacial score (nSPS) is 20.6. The maximum absolute atomic E-state index is 13.8. The van der Waals surface area contributed by atoms with Crippen molar-refractivity contribution in [3.63, 3.8) is 0 Å². The molecule has 2 aliphatic rings. The second-order valence-electron chi connectivity index (χ2n) is 9.49. The van der Waals surface area contributed by atoms with Crippen molar-refractivity contribution in [3.05, 3.63) is 46.3 Å². The molecule has 184 valence electrons. The number of aromatic nitrogens is 1. The molecule has 0 spiro atoms. The van der Waals surface area contributed by atoms with Crippen molar-refractivity contribution in [2.75, 3.05) is 32.1 Å². The predicted octanol–water partition coefficient (Wildman–Crippen LogP) is 3.67. The van der Waals surface area contributed by atoms with Crippen LogP contribution in [0.3, 0.4) is 0 Å². The number of nitrogens with zero attached hydrogens (tertiary/aromatic N) is 1. The fourth-order valence-electron chi connectivity index (χ4n) is 5.21. The zero-order chi connectivity index (χ0) is 25.1. The third-order valence-electron chi connectivity index (χ3n) is 7.14. The number of carbonyl (C=O) groups is 2. The minimum atomic E-state index is -0.321. The number of amides is 2. The molecule has 1 aromatic heterocycles. The Balaban J connectivity index is 1.76. The Hall–Kier alpha value is -3.50. The summed E-state index contributed by atoms with van der Waals surface area (Å²) in [6.45, 7) is 4.76. The van der Waals surface area contributed by atoms with Crippen molar-refractivity contribution in [2.45, 2.75) is 45.6 Å². The molecule has 1 saturated carbocycles. The van der Waals surface area contributed by atoms with Gasteiger partial charge >= 0.3 is 0 Å². The summed E-state index contributed by atoms with van der Waals surface area (Å²) in [6.07, 6.45) is 11.6. The van der Waals surface area contributed by atoms with Crippen LogP contribution >= 0.6 is 0 Å². The molecule has 2 heterocycles. The van der Waals surface area contributed by atoms with Crippen LogP contribution in [0.5, 0.6) is 5.75 Å². The molecule has 4 rings (SSSR count). The van der Waals surface area contributed by atoms with Gasteiger partial charge in [-0.15, -0.1) is 6.42 Å². The van der Waals surface area contributed by atoms with Crippen molar-refractivity contribution in [3.8, 4) is 18.1 Å². The van der Waals surface area contributed by atoms with Crippen LogP contribution in [0.25, 0.3) is 11.6 Å². The zero-order valence-electron chi connectivity index (χ0n) is 21.0. The lowest BCUT2D eigenvalue weighted by Crippen LogP contribution is -2.37. The fourth-order valence-corrected chi connectivity index (χ4v) is 5.21. The van der Waals surface area contributed by atoms with Crippen LogP contribution in [0.1, 0.15) is 58.6 Å². The van der Waals surface area contributed by atoms with E-state index in [0.717, 1.165) is 53.9 Å². The third kappa shape index (κ3) is 4.98. The topological polar surface area (TPSA) is 86.5 Å². The first kappa shape index (κ1) is 24.6. The van der Waals surface area contributed by atoms with Gasteiger partial charge < -0.3 is 25.3 Å². The second kappa shape index (κ2) is 10.4. The van der Waals surface area contributed by atoms with E-state index in [-0.39, 0.29) is 18.4 Å². The highest BCUT2D eigenvalue weighted by molar-refractivity contribution is 6.36. The molecular weight excluding hydrogens is 440 g/mol. The maximum atomic E-state index is 13.8. The van der Waals surface area contributed by atoms with E-state index in [1.807, 2.05) is 31.9 Å². The molecule has 1 aliphatic carbocycles. The van der Waals surface area contributed by atoms with Crippen LogP contribution in [-0.4, -0.2) is 50.1 Å². The highest BCUT2D eigenvalue weighted by atomic mass is 16.5. The van der Waals surface area contributed by atoms with Gasteiger partial charge in [0.1, 0.15) is 5.75 Å². The first-order valence-electron chi connectivity index (χ1n) is 12.2. The molecule has 2 aromatic rings. The number of nitrogens with one attached hydrogen (secondary N) is 3. The number of fused-ring (bicyclic) bond motifs is 1. The standard InChI is InChI=1S/C28H34N4O3/c1-6-11-30-27(33)23-14-25-21(15-26(23)35-5)22(13-24-17(2)12-18(3)31-24)28(34)32(25)16-19-7-9-20(29-4)10-8-19/h1,12-15,19-20,29,31H,7-11,16H2,2-5H3,(H,30,33)/b22-13-. The summed E-state index contributed by atoms with van der Waals surface area (Å²) >= 11 is 0. The van der Waals surface area contributed by atoms with Gasteiger partial charge in [-0.25, -0.2) is 0 Å². The largest absolute Gasteiger partial charge is 0.496 e. The zero-order valence-corrected chi connectivity index (χ0v) is 21.0. The van der Waals surface area contributed by atoms with Gasteiger partial charge in [-0.1, -0.05) is 5.92 Å². The summed E-state index contributed by atoms with van der Waals surface area (Å²) in [5, 5.41) is 6.08. The predicted molar refractivity (Wildman–Crippen MR) is 139 cm³/mol. The monoisotopic (exact) mass is 474 g/mol. The summed E-state index contributed by atoms with van der Waals surface area (Å²) in [4.78, 5) is 31.8. The Morgan fingerprint density at radius 1 is 1.26 bits per heavy atom. The van der Waals surface area contributed by atoms with Crippen molar-refractivity contribution in [2.24, 2.45) is 5.92 Å². The average Bonchev–Trinajstić information content (AvgIpc) is 3.31. The number of aromatic amines is 1. The SMILES string of the molecule is C#CCNC(=O)c1cc2c(cc1OC)/C(=C/c1[nH]c(C)cc1C)C(=O)N2CC1CCC(NC)CC1. The van der Waals surface area contributed by atoms with Crippen LogP contribution in [0, 0.1) is 32.1 Å². The molecule has 1 aromatic carbocycles. The van der Waals surface area contributed by atoms with E-state index in [0.29, 0.717) is 35.4 Å². The Labute approximate surface area is 207 Å². The van der Waals surface area contributed by atoms with Crippen molar-refractivity contribution >= 4 is 29.2 Å². The molecule has 1 aliphatic heterocycles. The van der Waals surface area contributed by atoms with Gasteiger partial charge in [0.2, 0.25) is 0 Å². The highest BCUT2D eigenvalue weighted by Crippen LogP contribution is 2.43. The number of benzene rings is 1. The second-order valence-corrected chi connectivity index (χ2v) is 9.49. The smallest absolute Gasteiger partial charge is 0.259 e. The quantitative estimate of drug-likeness (QED) is 0.422. The number of H-pyrrole nitrogens is 1. The molecule has 3 N–H and O–H groups in total. The van der Waals surface area contributed by atoms with Crippen LogP contribution in [0.15, 0.2) is 18.2 Å². The highest BCUT2D eigenvalue weighted by Gasteiger charge is 2.36. The van der Waals surface area contributed by atoms with Gasteiger partial charge in [0, 0.05) is 29.5 Å². The minimum absolute atomic E-state index is 0.0503. The number of hydrogen-bond acceptors (Lipinski definition) is 4. The summed E-state index contributed by atoms with van der Waals surface area (Å²) in [7, 11) is 3.53. The van der Waals surface area contributed by atoms with E-state index in [9.17, 15) is 9.59 Å². The average molecular weight is 475 g/mol. The van der Waals surface area contributed by atoms with Crippen molar-refractivity contribution in [1.29, 1.82) is 0 Å². The maximum Gasteiger partial charge on any atom is 0.259 e. The van der Waals surface area contributed by atoms with Gasteiger partial charge in [0.25, 0.3) is 11.8 Å². The molecular formula is C28H34N4O3. The van der Waals surface area contributed by atoms with E-state index in [4.69, 9.17) is 11.2 Å². The lowest BCUT2D eigenvalue weighted by atomic mass is 9.85. The lowest BCUT2D eigenvalue weighted by molar-refractivity contribution is -0.113. The van der Waals surface area contributed by atoms with E-state index >= 15 is 0 Å². The molecule has 0 saturated heterocycles. The van der Waals surface area contributed by atoms with Crippen molar-refractivity contribution < 1.29 is 14.3 Å². The number of carbonyl (C=O) groups excluding carboxylic acids is 2. The number of methoxy groups -OCH3 is 1. The fraction of sp³-hybridized carbons (Fsp3) is 0.429. The molecule has 0 bridgehead atoms. The number of terminal acetylenes is 1. The lowest BCUT2D eigenvalue weighted by Gasteiger charge is -2.31. The van der Waals surface area contributed by atoms with Gasteiger partial charge in [-0.3, -0.25) is 9.59 Å². The number of aryl methyl sites for hydroxylation is 2. The summed E-state index contributed by atoms with van der Waals surface area (Å²) < 4.78 is 5.56. The molecule has 0 atom stereocenters. The van der Waals surface area contributed by atoms with Gasteiger partial charge in [-0.2, -0.15) is 0 Å². The molecule has 7 heteroatoms. The Bertz CT molecular complexity index is 1200. The van der Waals surface area contributed by atoms with Crippen LogP contribution in [0.2, 0.25) is 0 Å². The van der Waals surface area contributed by atoms with Crippen LogP contribution < -0.4 is 20.3 Å². The molecule has 35 heavy (non-hydrogen) atoms. The van der Waals surface area contributed by atoms with Gasteiger partial charge in [0.15, 0.2) is 0 Å². The third-order valence-corrected chi connectivity index (χ3v) is 7.14. The first-order valence-corrected chi connectivity index (χ1v) is 12.2. The summed E-state index contributed by atoms with van der Waals surface area (Å²) in [5.74, 6) is 2.87. The number of anilines is 1. The summed E-state index contributed by atoms with van der Waals surface area (Å²) in [5.41, 5.74) is 5.50. The molecule has 1 fully saturated rings. The van der Waals surface area contributed by atoms with Crippen LogP contribution in [-0.2, 0) is 4.79 Å². The summed E-state index contributed by atoms with van der Waals surface area (Å²) in [6, 6.07) is 6.17. The molecule has 0 radical (unpaired) electrons. The minimum Gasteiger partial charge on any atom is -0.496 e. The first-order chi connectivity index (χ1) is 16.9. The number of hydrogen-bond donors (Lipinski definition) is 3. The molecule has 2 amide bonds. The van der Waals surface area contributed by atoms with Crippen molar-refractivity contribution in [1.82, 2.24) is 15.6 Å². The Kier molecular flexibility index (Phi) is 7.32. The van der Waals surface area contributed by atoms with Gasteiger partial charge in [-0.05, 0) is 82.3 Å². The van der Waals surface area contributed by atoms with E-state index in [1.165, 1.54) is 7.11 Å². The van der Waals surface area contributed by atoms with E-state index in [2.05, 4.69) is 27.6 Å². The number of ether oxygens (including phenoxy) is 1. The molecule has 0 unspecified atom stereocenters. The van der Waals surface area contributed by atoms with Gasteiger partial charge in [0.05, 0.1) is 30.5 Å². The van der Waals surface area contributed by atoms with Crippen LogP contribution in [0.4, 0.5) is 5.69 Å². The van der Waals surface area contributed by atoms with E-state index in [1.54, 1.807) is 12.1 Å². The van der Waals surface area contributed by atoms with E-state index < -0.39 is 0 Å². The number of rotatable bonds is 7.